The van der Waals surface area contributed by atoms with Crippen molar-refractivity contribution in [2.24, 2.45) is 5.92 Å². The van der Waals surface area contributed by atoms with Crippen LogP contribution in [0.5, 0.6) is 0 Å². The summed E-state index contributed by atoms with van der Waals surface area (Å²) in [6, 6.07) is 0.533. The third-order valence-electron chi connectivity index (χ3n) is 3.02. The summed E-state index contributed by atoms with van der Waals surface area (Å²) in [5, 5.41) is 3.26. The van der Waals surface area contributed by atoms with E-state index >= 15 is 0 Å². The lowest BCUT2D eigenvalue weighted by Gasteiger charge is -2.14. The molecule has 1 fully saturated rings. The van der Waals surface area contributed by atoms with Crippen molar-refractivity contribution in [2.45, 2.75) is 44.6 Å². The number of rotatable bonds is 5. The van der Waals surface area contributed by atoms with Crippen molar-refractivity contribution < 1.29 is 0 Å². The minimum absolute atomic E-state index is 0.533. The summed E-state index contributed by atoms with van der Waals surface area (Å²) < 4.78 is 0. The highest BCUT2D eigenvalue weighted by Gasteiger charge is 2.15. The molecule has 0 bridgehead atoms. The predicted molar refractivity (Wildman–Crippen MR) is 54.2 cm³/mol. The van der Waals surface area contributed by atoms with Gasteiger partial charge in [0, 0.05) is 6.04 Å². The summed E-state index contributed by atoms with van der Waals surface area (Å²) in [5.41, 5.74) is 0. The van der Waals surface area contributed by atoms with E-state index < -0.39 is 0 Å². The third-order valence-corrected chi connectivity index (χ3v) is 3.02. The Morgan fingerprint density at radius 2 is 2.17 bits per heavy atom. The highest BCUT2D eigenvalue weighted by atomic mass is 14.8. The van der Waals surface area contributed by atoms with Crippen LogP contribution in [0.15, 0.2) is 12.7 Å². The minimum atomic E-state index is 0.533. The van der Waals surface area contributed by atoms with E-state index in [0.29, 0.717) is 6.04 Å². The molecular weight excluding hydrogens is 146 g/mol. The van der Waals surface area contributed by atoms with Crippen molar-refractivity contribution in [3.8, 4) is 0 Å². The number of likely N-dealkylation sites (N-methyl/N-ethyl adjacent to an activating group) is 1. The van der Waals surface area contributed by atoms with E-state index in [4.69, 9.17) is 0 Å². The Balaban J connectivity index is 2.10. The van der Waals surface area contributed by atoms with Gasteiger partial charge in [0.15, 0.2) is 0 Å². The van der Waals surface area contributed by atoms with Crippen LogP contribution in [0.25, 0.3) is 0 Å². The predicted octanol–water partition coefficient (Wildman–Crippen LogP) is 2.73. The average molecular weight is 167 g/mol. The highest BCUT2D eigenvalue weighted by Crippen LogP contribution is 2.28. The monoisotopic (exact) mass is 167 g/mol. The SMILES string of the molecule is C=CC(CCC1CCCC1)NC. The summed E-state index contributed by atoms with van der Waals surface area (Å²) >= 11 is 0. The number of hydrogen-bond acceptors (Lipinski definition) is 1. The second kappa shape index (κ2) is 5.36. The van der Waals surface area contributed by atoms with Crippen LogP contribution in [-0.2, 0) is 0 Å². The lowest BCUT2D eigenvalue weighted by molar-refractivity contribution is 0.451. The van der Waals surface area contributed by atoms with Gasteiger partial charge in [-0.15, -0.1) is 6.58 Å². The smallest absolute Gasteiger partial charge is 0.0244 e. The van der Waals surface area contributed by atoms with Crippen molar-refractivity contribution in [2.75, 3.05) is 7.05 Å². The molecule has 12 heavy (non-hydrogen) atoms. The Kier molecular flexibility index (Phi) is 4.37. The highest BCUT2D eigenvalue weighted by molar-refractivity contribution is 4.85. The molecule has 0 heterocycles. The molecule has 1 nitrogen and oxygen atoms in total. The molecule has 1 unspecified atom stereocenters. The molecule has 1 aliphatic rings. The normalized spacial score (nSPS) is 21.1. The summed E-state index contributed by atoms with van der Waals surface area (Å²) in [6.07, 6.45) is 10.5. The summed E-state index contributed by atoms with van der Waals surface area (Å²) in [4.78, 5) is 0. The first-order chi connectivity index (χ1) is 5.86. The first kappa shape index (κ1) is 9.79. The molecule has 0 saturated heterocycles. The van der Waals surface area contributed by atoms with E-state index in [1.54, 1.807) is 0 Å². The minimum Gasteiger partial charge on any atom is -0.314 e. The van der Waals surface area contributed by atoms with Crippen molar-refractivity contribution in [3.63, 3.8) is 0 Å². The molecule has 70 valence electrons. The average Bonchev–Trinajstić information content (AvgIpc) is 2.59. The molecule has 0 radical (unpaired) electrons. The van der Waals surface area contributed by atoms with E-state index in [1.165, 1.54) is 38.5 Å². The maximum atomic E-state index is 3.81. The zero-order valence-electron chi connectivity index (χ0n) is 8.18. The quantitative estimate of drug-likeness (QED) is 0.621. The number of hydrogen-bond donors (Lipinski definition) is 1. The van der Waals surface area contributed by atoms with E-state index in [1.807, 2.05) is 13.1 Å². The van der Waals surface area contributed by atoms with Gasteiger partial charge in [-0.2, -0.15) is 0 Å². The zero-order valence-corrected chi connectivity index (χ0v) is 8.18. The van der Waals surface area contributed by atoms with Gasteiger partial charge in [-0.25, -0.2) is 0 Å². The largest absolute Gasteiger partial charge is 0.314 e. The second-order valence-corrected chi connectivity index (χ2v) is 3.86. The van der Waals surface area contributed by atoms with Crippen LogP contribution in [0.1, 0.15) is 38.5 Å². The van der Waals surface area contributed by atoms with Gasteiger partial charge in [0.05, 0.1) is 0 Å². The molecule has 1 N–H and O–H groups in total. The Bertz CT molecular complexity index is 125. The Labute approximate surface area is 76.2 Å². The Morgan fingerprint density at radius 3 is 2.67 bits per heavy atom. The molecule has 1 rings (SSSR count). The zero-order chi connectivity index (χ0) is 8.81. The lowest BCUT2D eigenvalue weighted by Crippen LogP contribution is -2.22. The van der Waals surface area contributed by atoms with E-state index in [2.05, 4.69) is 11.9 Å². The fourth-order valence-corrected chi connectivity index (χ4v) is 2.09. The molecule has 1 atom stereocenters. The van der Waals surface area contributed by atoms with Gasteiger partial charge in [-0.05, 0) is 25.8 Å². The second-order valence-electron chi connectivity index (χ2n) is 3.86. The molecule has 0 amide bonds. The fourth-order valence-electron chi connectivity index (χ4n) is 2.09. The first-order valence-electron chi connectivity index (χ1n) is 5.16. The van der Waals surface area contributed by atoms with Gasteiger partial charge >= 0.3 is 0 Å². The van der Waals surface area contributed by atoms with E-state index in [-0.39, 0.29) is 0 Å². The molecule has 1 heteroatoms. The van der Waals surface area contributed by atoms with Crippen LogP contribution in [0, 0.1) is 5.92 Å². The maximum absolute atomic E-state index is 3.81. The Hall–Kier alpha value is -0.300. The fraction of sp³-hybridized carbons (Fsp3) is 0.818. The molecule has 0 aromatic rings. The lowest BCUT2D eigenvalue weighted by atomic mass is 9.99. The van der Waals surface area contributed by atoms with Crippen LogP contribution in [0.2, 0.25) is 0 Å². The Morgan fingerprint density at radius 1 is 1.50 bits per heavy atom. The van der Waals surface area contributed by atoms with Crippen LogP contribution in [-0.4, -0.2) is 13.1 Å². The van der Waals surface area contributed by atoms with Crippen molar-refractivity contribution in [1.29, 1.82) is 0 Å². The summed E-state index contributed by atoms with van der Waals surface area (Å²) in [5.74, 6) is 1.01. The van der Waals surface area contributed by atoms with Crippen LogP contribution < -0.4 is 5.32 Å². The summed E-state index contributed by atoms with van der Waals surface area (Å²) in [7, 11) is 2.01. The van der Waals surface area contributed by atoms with Crippen molar-refractivity contribution >= 4 is 0 Å². The van der Waals surface area contributed by atoms with Gasteiger partial charge in [0.1, 0.15) is 0 Å². The number of nitrogens with one attached hydrogen (secondary N) is 1. The molecule has 1 saturated carbocycles. The van der Waals surface area contributed by atoms with Gasteiger partial charge in [-0.3, -0.25) is 0 Å². The molecular formula is C11H21N. The molecule has 0 aliphatic heterocycles. The van der Waals surface area contributed by atoms with Crippen molar-refractivity contribution in [1.82, 2.24) is 5.32 Å². The van der Waals surface area contributed by atoms with Crippen LogP contribution in [0.4, 0.5) is 0 Å². The van der Waals surface area contributed by atoms with Gasteiger partial charge in [-0.1, -0.05) is 31.8 Å². The van der Waals surface area contributed by atoms with Crippen LogP contribution >= 0.6 is 0 Å². The molecule has 0 aromatic heterocycles. The topological polar surface area (TPSA) is 12.0 Å². The van der Waals surface area contributed by atoms with E-state index in [0.717, 1.165) is 5.92 Å². The standard InChI is InChI=1S/C11H21N/c1-3-11(12-2)9-8-10-6-4-5-7-10/h3,10-12H,1,4-9H2,2H3. The summed E-state index contributed by atoms with van der Waals surface area (Å²) in [6.45, 7) is 3.81. The third kappa shape index (κ3) is 2.98. The van der Waals surface area contributed by atoms with Gasteiger partial charge in [0.2, 0.25) is 0 Å². The van der Waals surface area contributed by atoms with Gasteiger partial charge in [0.25, 0.3) is 0 Å². The van der Waals surface area contributed by atoms with Crippen molar-refractivity contribution in [3.05, 3.63) is 12.7 Å². The first-order valence-corrected chi connectivity index (χ1v) is 5.16. The molecule has 1 aliphatic carbocycles. The molecule has 0 aromatic carbocycles. The van der Waals surface area contributed by atoms with E-state index in [9.17, 15) is 0 Å². The van der Waals surface area contributed by atoms with Gasteiger partial charge < -0.3 is 5.32 Å². The van der Waals surface area contributed by atoms with Crippen LogP contribution in [0.3, 0.4) is 0 Å². The maximum Gasteiger partial charge on any atom is 0.0244 e. The molecule has 0 spiro atoms.